The number of amides is 1. The van der Waals surface area contributed by atoms with Gasteiger partial charge in [0.15, 0.2) is 0 Å². The summed E-state index contributed by atoms with van der Waals surface area (Å²) >= 11 is 6.89. The molecular formula is C13H23Br2NO. The maximum Gasteiger partial charge on any atom is 0.220 e. The van der Waals surface area contributed by atoms with Gasteiger partial charge < -0.3 is 5.32 Å². The Morgan fingerprint density at radius 1 is 1.24 bits per heavy atom. The van der Waals surface area contributed by atoms with Crippen LogP contribution < -0.4 is 5.32 Å². The molecule has 1 saturated carbocycles. The zero-order valence-corrected chi connectivity index (χ0v) is 13.8. The van der Waals surface area contributed by atoms with Gasteiger partial charge in [-0.3, -0.25) is 4.79 Å². The summed E-state index contributed by atoms with van der Waals surface area (Å²) in [5.74, 6) is 0.977. The van der Waals surface area contributed by atoms with Gasteiger partial charge in [-0.2, -0.15) is 0 Å². The third-order valence-electron chi connectivity index (χ3n) is 3.54. The Kier molecular flexibility index (Phi) is 7.08. The maximum atomic E-state index is 11.9. The zero-order chi connectivity index (χ0) is 12.7. The molecule has 1 aliphatic rings. The molecule has 1 amide bonds. The van der Waals surface area contributed by atoms with Crippen LogP contribution in [0.5, 0.6) is 0 Å². The van der Waals surface area contributed by atoms with Gasteiger partial charge in [0, 0.05) is 17.1 Å². The molecule has 0 aromatic carbocycles. The van der Waals surface area contributed by atoms with Crippen LogP contribution in [0.3, 0.4) is 0 Å². The number of halogens is 2. The highest BCUT2D eigenvalue weighted by Crippen LogP contribution is 2.27. The lowest BCUT2D eigenvalue weighted by molar-refractivity contribution is -0.122. The Hall–Kier alpha value is 0.430. The Balaban J connectivity index is 2.24. The van der Waals surface area contributed by atoms with Crippen LogP contribution in [0.25, 0.3) is 0 Å². The molecule has 0 bridgehead atoms. The van der Waals surface area contributed by atoms with E-state index in [1.165, 1.54) is 32.1 Å². The monoisotopic (exact) mass is 367 g/mol. The second kappa shape index (κ2) is 7.78. The van der Waals surface area contributed by atoms with E-state index in [4.69, 9.17) is 0 Å². The fraction of sp³-hybridized carbons (Fsp3) is 0.923. The van der Waals surface area contributed by atoms with Gasteiger partial charge >= 0.3 is 0 Å². The normalized spacial score (nSPS) is 18.1. The third-order valence-corrected chi connectivity index (χ3v) is 6.01. The van der Waals surface area contributed by atoms with Crippen molar-refractivity contribution in [2.24, 2.45) is 5.92 Å². The number of hydrogen-bond acceptors (Lipinski definition) is 1. The summed E-state index contributed by atoms with van der Waals surface area (Å²) in [5, 5.41) is 4.66. The Bertz CT molecular complexity index is 236. The van der Waals surface area contributed by atoms with E-state index in [1.807, 2.05) is 0 Å². The van der Waals surface area contributed by atoms with Crippen molar-refractivity contribution in [3.8, 4) is 0 Å². The van der Waals surface area contributed by atoms with Crippen LogP contribution in [0.1, 0.15) is 51.9 Å². The number of alkyl halides is 2. The van der Waals surface area contributed by atoms with E-state index in [0.29, 0.717) is 6.42 Å². The molecule has 2 nitrogen and oxygen atoms in total. The standard InChI is InChI=1S/C13H23Br2NO/c1-13(9-14,10-15)16-12(17)8-7-11-5-3-2-4-6-11/h11H,2-10H2,1H3,(H,16,17). The molecule has 0 aromatic heterocycles. The first-order valence-electron chi connectivity index (χ1n) is 6.52. The second-order valence-corrected chi connectivity index (χ2v) is 6.54. The Morgan fingerprint density at radius 3 is 2.35 bits per heavy atom. The molecule has 0 aliphatic heterocycles. The number of carbonyl (C=O) groups excluding carboxylic acids is 1. The van der Waals surface area contributed by atoms with E-state index in [9.17, 15) is 4.79 Å². The van der Waals surface area contributed by atoms with Crippen molar-refractivity contribution in [2.75, 3.05) is 10.7 Å². The number of nitrogens with one attached hydrogen (secondary N) is 1. The molecule has 0 atom stereocenters. The summed E-state index contributed by atoms with van der Waals surface area (Å²) in [4.78, 5) is 11.9. The first-order chi connectivity index (χ1) is 8.09. The van der Waals surface area contributed by atoms with Crippen LogP contribution in [0, 0.1) is 5.92 Å². The highest BCUT2D eigenvalue weighted by molar-refractivity contribution is 9.09. The number of hydrogen-bond donors (Lipinski definition) is 1. The van der Waals surface area contributed by atoms with Gasteiger partial charge in [0.1, 0.15) is 0 Å². The maximum absolute atomic E-state index is 11.9. The van der Waals surface area contributed by atoms with Crippen molar-refractivity contribution >= 4 is 37.8 Å². The van der Waals surface area contributed by atoms with Gasteiger partial charge in [-0.1, -0.05) is 64.0 Å². The van der Waals surface area contributed by atoms with Crippen LogP contribution in [0.4, 0.5) is 0 Å². The number of rotatable bonds is 6. The summed E-state index contributed by atoms with van der Waals surface area (Å²) in [7, 11) is 0. The minimum atomic E-state index is -0.163. The summed E-state index contributed by atoms with van der Waals surface area (Å²) in [6.45, 7) is 2.05. The predicted octanol–water partition coefficient (Wildman–Crippen LogP) is 4.01. The van der Waals surface area contributed by atoms with E-state index in [0.717, 1.165) is 23.0 Å². The average molecular weight is 369 g/mol. The molecule has 0 aromatic rings. The number of carbonyl (C=O) groups is 1. The summed E-state index contributed by atoms with van der Waals surface area (Å²) in [5.41, 5.74) is -0.163. The predicted molar refractivity (Wildman–Crippen MR) is 79.9 cm³/mol. The van der Waals surface area contributed by atoms with Gasteiger partial charge in [0.25, 0.3) is 0 Å². The fourth-order valence-electron chi connectivity index (χ4n) is 2.31. The summed E-state index contributed by atoms with van der Waals surface area (Å²) in [6, 6.07) is 0. The van der Waals surface area contributed by atoms with Crippen LogP contribution in [-0.4, -0.2) is 22.1 Å². The Labute approximate surface area is 122 Å². The average Bonchev–Trinajstić information content (AvgIpc) is 2.37. The molecule has 1 fully saturated rings. The molecule has 4 heteroatoms. The van der Waals surface area contributed by atoms with Crippen molar-refractivity contribution in [3.63, 3.8) is 0 Å². The van der Waals surface area contributed by atoms with Crippen molar-refractivity contribution in [2.45, 2.75) is 57.4 Å². The zero-order valence-electron chi connectivity index (χ0n) is 10.6. The van der Waals surface area contributed by atoms with E-state index in [1.54, 1.807) is 0 Å². The lowest BCUT2D eigenvalue weighted by atomic mass is 9.86. The van der Waals surface area contributed by atoms with Gasteiger partial charge in [0.2, 0.25) is 5.91 Å². The molecular weight excluding hydrogens is 346 g/mol. The van der Waals surface area contributed by atoms with Gasteiger partial charge in [0.05, 0.1) is 5.54 Å². The molecule has 1 aliphatic carbocycles. The molecule has 1 rings (SSSR count). The van der Waals surface area contributed by atoms with Crippen molar-refractivity contribution in [3.05, 3.63) is 0 Å². The van der Waals surface area contributed by atoms with E-state index in [-0.39, 0.29) is 11.4 Å². The van der Waals surface area contributed by atoms with E-state index in [2.05, 4.69) is 44.1 Å². The van der Waals surface area contributed by atoms with E-state index < -0.39 is 0 Å². The topological polar surface area (TPSA) is 29.1 Å². The fourth-order valence-corrected chi connectivity index (χ4v) is 3.52. The lowest BCUT2D eigenvalue weighted by Crippen LogP contribution is -2.49. The van der Waals surface area contributed by atoms with Gasteiger partial charge in [-0.25, -0.2) is 0 Å². The minimum absolute atomic E-state index is 0.163. The lowest BCUT2D eigenvalue weighted by Gasteiger charge is -2.27. The van der Waals surface area contributed by atoms with Crippen molar-refractivity contribution in [1.29, 1.82) is 0 Å². The van der Waals surface area contributed by atoms with Gasteiger partial charge in [-0.05, 0) is 19.3 Å². The highest BCUT2D eigenvalue weighted by atomic mass is 79.9. The van der Waals surface area contributed by atoms with E-state index >= 15 is 0 Å². The molecule has 0 heterocycles. The molecule has 0 unspecified atom stereocenters. The van der Waals surface area contributed by atoms with Crippen LogP contribution in [0.15, 0.2) is 0 Å². The summed E-state index contributed by atoms with van der Waals surface area (Å²) < 4.78 is 0. The summed E-state index contributed by atoms with van der Waals surface area (Å²) in [6.07, 6.45) is 8.48. The first kappa shape index (κ1) is 15.5. The highest BCUT2D eigenvalue weighted by Gasteiger charge is 2.24. The Morgan fingerprint density at radius 2 is 1.82 bits per heavy atom. The van der Waals surface area contributed by atoms with Crippen LogP contribution >= 0.6 is 31.9 Å². The molecule has 0 radical (unpaired) electrons. The first-order valence-corrected chi connectivity index (χ1v) is 8.77. The van der Waals surface area contributed by atoms with Crippen molar-refractivity contribution < 1.29 is 4.79 Å². The SMILES string of the molecule is CC(CBr)(CBr)NC(=O)CCC1CCCCC1. The smallest absolute Gasteiger partial charge is 0.220 e. The third kappa shape index (κ3) is 5.73. The van der Waals surface area contributed by atoms with Crippen LogP contribution in [-0.2, 0) is 4.79 Å². The van der Waals surface area contributed by atoms with Crippen LogP contribution in [0.2, 0.25) is 0 Å². The largest absolute Gasteiger partial charge is 0.349 e. The molecule has 100 valence electrons. The molecule has 1 N–H and O–H groups in total. The van der Waals surface area contributed by atoms with Crippen molar-refractivity contribution in [1.82, 2.24) is 5.32 Å². The minimum Gasteiger partial charge on any atom is -0.349 e. The van der Waals surface area contributed by atoms with Gasteiger partial charge in [-0.15, -0.1) is 0 Å². The second-order valence-electron chi connectivity index (χ2n) is 5.42. The quantitative estimate of drug-likeness (QED) is 0.705. The molecule has 0 saturated heterocycles. The molecule has 0 spiro atoms. The molecule has 17 heavy (non-hydrogen) atoms.